The van der Waals surface area contributed by atoms with E-state index >= 15 is 0 Å². The average Bonchev–Trinajstić information content (AvgIpc) is 2.38. The molecule has 0 bridgehead atoms. The van der Waals surface area contributed by atoms with E-state index in [-0.39, 0.29) is 5.82 Å². The minimum Gasteiger partial charge on any atom is -0.370 e. The molecular formula is C14H13FN2O. The second kappa shape index (κ2) is 5.31. The van der Waals surface area contributed by atoms with E-state index in [1.807, 2.05) is 30.3 Å². The van der Waals surface area contributed by atoms with E-state index in [2.05, 4.69) is 5.32 Å². The standard InChI is InChI=1S/C14H13FN2O/c15-11-6-8-12(9-7-11)17-13(14(16)18)10-4-2-1-3-5-10/h1-9,13,17H,(H2,16,18)/t13-/m0/s1. The second-order valence-electron chi connectivity index (χ2n) is 3.90. The van der Waals surface area contributed by atoms with Crippen LogP contribution in [-0.4, -0.2) is 5.91 Å². The van der Waals surface area contributed by atoms with Gasteiger partial charge in [0.15, 0.2) is 0 Å². The molecule has 0 aliphatic rings. The molecule has 3 N–H and O–H groups in total. The van der Waals surface area contributed by atoms with Crippen LogP contribution in [0.4, 0.5) is 10.1 Å². The van der Waals surface area contributed by atoms with Crippen molar-refractivity contribution in [1.29, 1.82) is 0 Å². The summed E-state index contributed by atoms with van der Waals surface area (Å²) in [5.41, 5.74) is 6.79. The van der Waals surface area contributed by atoms with Crippen LogP contribution in [0.2, 0.25) is 0 Å². The zero-order valence-electron chi connectivity index (χ0n) is 9.64. The Morgan fingerprint density at radius 3 is 2.22 bits per heavy atom. The van der Waals surface area contributed by atoms with Crippen molar-refractivity contribution in [3.05, 3.63) is 66.0 Å². The Morgan fingerprint density at radius 2 is 1.67 bits per heavy atom. The molecular weight excluding hydrogens is 231 g/mol. The largest absolute Gasteiger partial charge is 0.370 e. The fourth-order valence-electron chi connectivity index (χ4n) is 1.68. The number of primary amides is 1. The topological polar surface area (TPSA) is 55.1 Å². The number of halogens is 1. The van der Waals surface area contributed by atoms with Crippen molar-refractivity contribution in [3.8, 4) is 0 Å². The summed E-state index contributed by atoms with van der Waals surface area (Å²) in [7, 11) is 0. The van der Waals surface area contributed by atoms with Crippen molar-refractivity contribution in [2.24, 2.45) is 5.73 Å². The number of carbonyl (C=O) groups is 1. The highest BCUT2D eigenvalue weighted by Gasteiger charge is 2.16. The summed E-state index contributed by atoms with van der Waals surface area (Å²) in [6.07, 6.45) is 0. The molecule has 0 unspecified atom stereocenters. The van der Waals surface area contributed by atoms with E-state index in [1.54, 1.807) is 12.1 Å². The van der Waals surface area contributed by atoms with Crippen molar-refractivity contribution >= 4 is 11.6 Å². The maximum absolute atomic E-state index is 12.8. The van der Waals surface area contributed by atoms with Crippen LogP contribution in [0.5, 0.6) is 0 Å². The van der Waals surface area contributed by atoms with E-state index < -0.39 is 11.9 Å². The highest BCUT2D eigenvalue weighted by atomic mass is 19.1. The molecule has 0 saturated carbocycles. The van der Waals surface area contributed by atoms with E-state index in [0.717, 1.165) is 5.56 Å². The summed E-state index contributed by atoms with van der Waals surface area (Å²) in [6.45, 7) is 0. The third kappa shape index (κ3) is 2.85. The number of nitrogens with two attached hydrogens (primary N) is 1. The van der Waals surface area contributed by atoms with Gasteiger partial charge in [0, 0.05) is 5.69 Å². The van der Waals surface area contributed by atoms with Crippen LogP contribution in [0.15, 0.2) is 54.6 Å². The first-order chi connectivity index (χ1) is 8.66. The van der Waals surface area contributed by atoms with E-state index in [4.69, 9.17) is 5.73 Å². The Balaban J connectivity index is 2.22. The van der Waals surface area contributed by atoms with Crippen LogP contribution in [-0.2, 0) is 4.79 Å². The Labute approximate surface area is 104 Å². The average molecular weight is 244 g/mol. The summed E-state index contributed by atoms with van der Waals surface area (Å²) >= 11 is 0. The van der Waals surface area contributed by atoms with E-state index in [0.29, 0.717) is 5.69 Å². The molecule has 0 fully saturated rings. The van der Waals surface area contributed by atoms with Gasteiger partial charge in [-0.15, -0.1) is 0 Å². The maximum Gasteiger partial charge on any atom is 0.244 e. The summed E-state index contributed by atoms with van der Waals surface area (Å²) in [5, 5.41) is 2.98. The van der Waals surface area contributed by atoms with Gasteiger partial charge in [-0.05, 0) is 29.8 Å². The Morgan fingerprint density at radius 1 is 1.06 bits per heavy atom. The molecule has 0 aliphatic heterocycles. The van der Waals surface area contributed by atoms with Gasteiger partial charge >= 0.3 is 0 Å². The quantitative estimate of drug-likeness (QED) is 0.868. The number of benzene rings is 2. The molecule has 0 aromatic heterocycles. The van der Waals surface area contributed by atoms with Gasteiger partial charge in [-0.2, -0.15) is 0 Å². The van der Waals surface area contributed by atoms with Crippen LogP contribution in [0.1, 0.15) is 11.6 Å². The lowest BCUT2D eigenvalue weighted by Gasteiger charge is -2.17. The molecule has 1 amide bonds. The van der Waals surface area contributed by atoms with Crippen molar-refractivity contribution in [2.45, 2.75) is 6.04 Å². The normalized spacial score (nSPS) is 11.8. The molecule has 2 aromatic rings. The zero-order valence-corrected chi connectivity index (χ0v) is 9.64. The van der Waals surface area contributed by atoms with Crippen LogP contribution in [0, 0.1) is 5.82 Å². The molecule has 18 heavy (non-hydrogen) atoms. The first-order valence-electron chi connectivity index (χ1n) is 5.53. The Hall–Kier alpha value is -2.36. The van der Waals surface area contributed by atoms with Crippen molar-refractivity contribution in [2.75, 3.05) is 5.32 Å². The zero-order chi connectivity index (χ0) is 13.0. The molecule has 2 rings (SSSR count). The Bertz CT molecular complexity index is 525. The number of hydrogen-bond acceptors (Lipinski definition) is 2. The van der Waals surface area contributed by atoms with Gasteiger partial charge in [0.05, 0.1) is 0 Å². The third-order valence-corrected chi connectivity index (χ3v) is 2.57. The third-order valence-electron chi connectivity index (χ3n) is 2.57. The monoisotopic (exact) mass is 244 g/mol. The number of hydrogen-bond donors (Lipinski definition) is 2. The fourth-order valence-corrected chi connectivity index (χ4v) is 1.68. The lowest BCUT2D eigenvalue weighted by molar-refractivity contribution is -0.118. The molecule has 92 valence electrons. The van der Waals surface area contributed by atoms with Gasteiger partial charge in [0.25, 0.3) is 0 Å². The van der Waals surface area contributed by atoms with Gasteiger partial charge in [0.1, 0.15) is 11.9 Å². The van der Waals surface area contributed by atoms with Crippen molar-refractivity contribution in [3.63, 3.8) is 0 Å². The smallest absolute Gasteiger partial charge is 0.244 e. The molecule has 4 heteroatoms. The van der Waals surface area contributed by atoms with Gasteiger partial charge in [-0.25, -0.2) is 4.39 Å². The highest BCUT2D eigenvalue weighted by Crippen LogP contribution is 2.19. The van der Waals surface area contributed by atoms with Crippen LogP contribution < -0.4 is 11.1 Å². The molecule has 3 nitrogen and oxygen atoms in total. The SMILES string of the molecule is NC(=O)[C@@H](Nc1ccc(F)cc1)c1ccccc1. The summed E-state index contributed by atoms with van der Waals surface area (Å²) < 4.78 is 12.8. The number of carbonyl (C=O) groups excluding carboxylic acids is 1. The van der Waals surface area contributed by atoms with Crippen molar-refractivity contribution < 1.29 is 9.18 Å². The van der Waals surface area contributed by atoms with Gasteiger partial charge in [-0.1, -0.05) is 30.3 Å². The number of rotatable bonds is 4. The second-order valence-corrected chi connectivity index (χ2v) is 3.90. The molecule has 1 atom stereocenters. The van der Waals surface area contributed by atoms with Gasteiger partial charge < -0.3 is 11.1 Å². The molecule has 0 spiro atoms. The number of anilines is 1. The van der Waals surface area contributed by atoms with E-state index in [9.17, 15) is 9.18 Å². The summed E-state index contributed by atoms with van der Waals surface area (Å²) in [4.78, 5) is 11.5. The lowest BCUT2D eigenvalue weighted by Crippen LogP contribution is -2.27. The highest BCUT2D eigenvalue weighted by molar-refractivity contribution is 5.84. The molecule has 0 aliphatic carbocycles. The predicted octanol–water partition coefficient (Wildman–Crippen LogP) is 2.46. The Kier molecular flexibility index (Phi) is 3.57. The number of nitrogens with one attached hydrogen (secondary N) is 1. The fraction of sp³-hybridized carbons (Fsp3) is 0.0714. The van der Waals surface area contributed by atoms with Crippen LogP contribution >= 0.6 is 0 Å². The summed E-state index contributed by atoms with van der Waals surface area (Å²) in [5.74, 6) is -0.804. The molecule has 2 aromatic carbocycles. The first-order valence-corrected chi connectivity index (χ1v) is 5.53. The van der Waals surface area contributed by atoms with E-state index in [1.165, 1.54) is 12.1 Å². The molecule has 0 saturated heterocycles. The van der Waals surface area contributed by atoms with Crippen LogP contribution in [0.25, 0.3) is 0 Å². The predicted molar refractivity (Wildman–Crippen MR) is 68.4 cm³/mol. The van der Waals surface area contributed by atoms with Crippen molar-refractivity contribution in [1.82, 2.24) is 0 Å². The van der Waals surface area contributed by atoms with Gasteiger partial charge in [-0.3, -0.25) is 4.79 Å². The molecule has 0 radical (unpaired) electrons. The lowest BCUT2D eigenvalue weighted by atomic mass is 10.1. The van der Waals surface area contributed by atoms with Gasteiger partial charge in [0.2, 0.25) is 5.91 Å². The minimum atomic E-state index is -0.628. The minimum absolute atomic E-state index is 0.323. The maximum atomic E-state index is 12.8. The molecule has 0 heterocycles. The summed E-state index contributed by atoms with van der Waals surface area (Å²) in [6, 6.07) is 14.3. The number of amides is 1. The van der Waals surface area contributed by atoms with Crippen LogP contribution in [0.3, 0.4) is 0 Å². The first kappa shape index (κ1) is 12.1.